The number of thioether (sulfide) groups is 1. The van der Waals surface area contributed by atoms with E-state index < -0.39 is 0 Å². The molecule has 1 rings (SSSR count). The monoisotopic (exact) mass is 196 g/mol. The highest BCUT2D eigenvalue weighted by Crippen LogP contribution is 2.28. The quantitative estimate of drug-likeness (QED) is 0.645. The van der Waals surface area contributed by atoms with Gasteiger partial charge in [-0.15, -0.1) is 11.8 Å². The molecule has 70 valence electrons. The van der Waals surface area contributed by atoms with Crippen LogP contribution in [0.4, 0.5) is 4.39 Å². The molecule has 0 amide bonds. The first-order valence-corrected chi connectivity index (χ1v) is 5.39. The molecule has 0 atom stereocenters. The van der Waals surface area contributed by atoms with Gasteiger partial charge in [-0.3, -0.25) is 0 Å². The van der Waals surface area contributed by atoms with Gasteiger partial charge in [0.1, 0.15) is 5.82 Å². The van der Waals surface area contributed by atoms with E-state index in [1.54, 1.807) is 17.8 Å². The van der Waals surface area contributed by atoms with Crippen LogP contribution in [0.25, 0.3) is 5.57 Å². The van der Waals surface area contributed by atoms with E-state index in [9.17, 15) is 4.39 Å². The Morgan fingerprint density at radius 2 is 2.15 bits per heavy atom. The highest BCUT2D eigenvalue weighted by atomic mass is 32.2. The number of benzene rings is 1. The van der Waals surface area contributed by atoms with E-state index in [1.165, 1.54) is 6.07 Å². The SMILES string of the molecule is C/C=C(\C)c1c(F)cccc1SC. The van der Waals surface area contributed by atoms with Crippen LogP contribution in [0, 0.1) is 5.82 Å². The Morgan fingerprint density at radius 3 is 2.69 bits per heavy atom. The summed E-state index contributed by atoms with van der Waals surface area (Å²) in [6.45, 7) is 3.85. The van der Waals surface area contributed by atoms with Gasteiger partial charge in [0.05, 0.1) is 0 Å². The van der Waals surface area contributed by atoms with Crippen molar-refractivity contribution in [1.82, 2.24) is 0 Å². The Balaban J connectivity index is 3.31. The number of hydrogen-bond acceptors (Lipinski definition) is 1. The summed E-state index contributed by atoms with van der Waals surface area (Å²) >= 11 is 1.57. The van der Waals surface area contributed by atoms with E-state index in [-0.39, 0.29) is 5.82 Å². The summed E-state index contributed by atoms with van der Waals surface area (Å²) in [7, 11) is 0. The van der Waals surface area contributed by atoms with Gasteiger partial charge >= 0.3 is 0 Å². The molecule has 0 radical (unpaired) electrons. The second-order valence-corrected chi connectivity index (χ2v) is 3.64. The van der Waals surface area contributed by atoms with E-state index in [1.807, 2.05) is 32.2 Å². The van der Waals surface area contributed by atoms with E-state index in [0.29, 0.717) is 0 Å². The summed E-state index contributed by atoms with van der Waals surface area (Å²) in [4.78, 5) is 0.996. The molecule has 0 aromatic heterocycles. The van der Waals surface area contributed by atoms with E-state index in [4.69, 9.17) is 0 Å². The first-order chi connectivity index (χ1) is 6.20. The topological polar surface area (TPSA) is 0 Å². The van der Waals surface area contributed by atoms with Gasteiger partial charge in [0.25, 0.3) is 0 Å². The van der Waals surface area contributed by atoms with Crippen LogP contribution in [-0.2, 0) is 0 Å². The van der Waals surface area contributed by atoms with Gasteiger partial charge in [0, 0.05) is 10.5 Å². The Kier molecular flexibility index (Phi) is 3.55. The zero-order chi connectivity index (χ0) is 9.84. The van der Waals surface area contributed by atoms with Crippen molar-refractivity contribution in [3.8, 4) is 0 Å². The van der Waals surface area contributed by atoms with Crippen molar-refractivity contribution in [3.63, 3.8) is 0 Å². The average molecular weight is 196 g/mol. The second-order valence-electron chi connectivity index (χ2n) is 2.79. The van der Waals surface area contributed by atoms with Crippen molar-refractivity contribution in [3.05, 3.63) is 35.7 Å². The molecule has 0 aliphatic rings. The lowest BCUT2D eigenvalue weighted by Crippen LogP contribution is -1.89. The van der Waals surface area contributed by atoms with Crippen LogP contribution >= 0.6 is 11.8 Å². The fraction of sp³-hybridized carbons (Fsp3) is 0.273. The van der Waals surface area contributed by atoms with Crippen molar-refractivity contribution in [1.29, 1.82) is 0 Å². The van der Waals surface area contributed by atoms with Gasteiger partial charge in [-0.25, -0.2) is 4.39 Å². The maximum atomic E-state index is 13.4. The molecule has 0 saturated heterocycles. The third kappa shape index (κ3) is 2.13. The van der Waals surface area contributed by atoms with Gasteiger partial charge in [-0.2, -0.15) is 0 Å². The van der Waals surface area contributed by atoms with Crippen LogP contribution in [0.2, 0.25) is 0 Å². The standard InChI is InChI=1S/C11H13FS/c1-4-8(2)11-9(12)6-5-7-10(11)13-3/h4-7H,1-3H3/b8-4+. The molecule has 0 aliphatic heterocycles. The molecule has 0 N–H and O–H groups in total. The molecule has 0 bridgehead atoms. The average Bonchev–Trinajstić information content (AvgIpc) is 2.16. The third-order valence-corrected chi connectivity index (χ3v) is 2.80. The zero-order valence-corrected chi connectivity index (χ0v) is 8.91. The summed E-state index contributed by atoms with van der Waals surface area (Å²) in [6.07, 6.45) is 3.89. The van der Waals surface area contributed by atoms with Crippen molar-refractivity contribution in [2.24, 2.45) is 0 Å². The highest BCUT2D eigenvalue weighted by Gasteiger charge is 2.07. The largest absolute Gasteiger partial charge is 0.206 e. The van der Waals surface area contributed by atoms with E-state index >= 15 is 0 Å². The Bertz CT molecular complexity index is 329. The molecular weight excluding hydrogens is 183 g/mol. The maximum Gasteiger partial charge on any atom is 0.131 e. The minimum absolute atomic E-state index is 0.137. The minimum Gasteiger partial charge on any atom is -0.206 e. The van der Waals surface area contributed by atoms with Crippen LogP contribution in [0.15, 0.2) is 29.2 Å². The molecule has 0 aliphatic carbocycles. The molecular formula is C11H13FS. The summed E-state index contributed by atoms with van der Waals surface area (Å²) in [5.41, 5.74) is 1.72. The molecule has 1 aromatic carbocycles. The maximum absolute atomic E-state index is 13.4. The molecule has 0 unspecified atom stereocenters. The predicted molar refractivity (Wildman–Crippen MR) is 57.5 cm³/mol. The fourth-order valence-electron chi connectivity index (χ4n) is 1.20. The van der Waals surface area contributed by atoms with Gasteiger partial charge in [0.2, 0.25) is 0 Å². The summed E-state index contributed by atoms with van der Waals surface area (Å²) in [5, 5.41) is 0. The first-order valence-electron chi connectivity index (χ1n) is 4.16. The summed E-state index contributed by atoms with van der Waals surface area (Å²) in [6, 6.07) is 5.19. The first kappa shape index (κ1) is 10.3. The second kappa shape index (κ2) is 4.47. The van der Waals surface area contributed by atoms with Gasteiger partial charge in [-0.1, -0.05) is 12.1 Å². The van der Waals surface area contributed by atoms with Crippen LogP contribution < -0.4 is 0 Å². The fourth-order valence-corrected chi connectivity index (χ4v) is 1.88. The third-order valence-electron chi connectivity index (χ3n) is 2.02. The zero-order valence-electron chi connectivity index (χ0n) is 8.10. The minimum atomic E-state index is -0.137. The van der Waals surface area contributed by atoms with Gasteiger partial charge in [-0.05, 0) is 37.8 Å². The Hall–Kier alpha value is -0.760. The van der Waals surface area contributed by atoms with E-state index in [2.05, 4.69) is 0 Å². The van der Waals surface area contributed by atoms with Crippen LogP contribution in [0.3, 0.4) is 0 Å². The number of allylic oxidation sites excluding steroid dienone is 2. The molecule has 0 heterocycles. The molecule has 0 saturated carbocycles. The van der Waals surface area contributed by atoms with Crippen LogP contribution in [0.5, 0.6) is 0 Å². The van der Waals surface area contributed by atoms with Crippen molar-refractivity contribution in [2.45, 2.75) is 18.7 Å². The highest BCUT2D eigenvalue weighted by molar-refractivity contribution is 7.98. The summed E-state index contributed by atoms with van der Waals surface area (Å²) in [5.74, 6) is -0.137. The number of rotatable bonds is 2. The normalized spacial score (nSPS) is 11.8. The van der Waals surface area contributed by atoms with Gasteiger partial charge < -0.3 is 0 Å². The molecule has 0 fully saturated rings. The van der Waals surface area contributed by atoms with E-state index in [0.717, 1.165) is 16.0 Å². The molecule has 13 heavy (non-hydrogen) atoms. The predicted octanol–water partition coefficient (Wildman–Crippen LogP) is 3.97. The van der Waals surface area contributed by atoms with Crippen molar-refractivity contribution >= 4 is 17.3 Å². The lowest BCUT2D eigenvalue weighted by Gasteiger charge is -2.08. The van der Waals surface area contributed by atoms with Crippen LogP contribution in [0.1, 0.15) is 19.4 Å². The Labute approximate surface area is 82.9 Å². The Morgan fingerprint density at radius 1 is 1.46 bits per heavy atom. The smallest absolute Gasteiger partial charge is 0.131 e. The molecule has 0 spiro atoms. The van der Waals surface area contributed by atoms with Crippen molar-refractivity contribution in [2.75, 3.05) is 6.26 Å². The molecule has 0 nitrogen and oxygen atoms in total. The number of hydrogen-bond donors (Lipinski definition) is 0. The lowest BCUT2D eigenvalue weighted by molar-refractivity contribution is 0.620. The van der Waals surface area contributed by atoms with Crippen molar-refractivity contribution < 1.29 is 4.39 Å². The summed E-state index contributed by atoms with van der Waals surface area (Å²) < 4.78 is 13.4. The lowest BCUT2D eigenvalue weighted by atomic mass is 10.1. The molecule has 1 aromatic rings. The van der Waals surface area contributed by atoms with Crippen LogP contribution in [-0.4, -0.2) is 6.26 Å². The molecule has 2 heteroatoms. The van der Waals surface area contributed by atoms with Gasteiger partial charge in [0.15, 0.2) is 0 Å². The number of halogens is 1.